The van der Waals surface area contributed by atoms with E-state index in [9.17, 15) is 8.42 Å². The Bertz CT molecular complexity index is 242. The first-order valence-corrected chi connectivity index (χ1v) is 5.76. The quantitative estimate of drug-likeness (QED) is 0.673. The van der Waals surface area contributed by atoms with Gasteiger partial charge in [-0.05, 0) is 19.8 Å². The van der Waals surface area contributed by atoms with Crippen LogP contribution in [0.5, 0.6) is 0 Å². The summed E-state index contributed by atoms with van der Waals surface area (Å²) >= 11 is 0. The van der Waals surface area contributed by atoms with Crippen LogP contribution < -0.4 is 5.14 Å². The van der Waals surface area contributed by atoms with Gasteiger partial charge in [0.05, 0.1) is 0 Å². The zero-order valence-electron chi connectivity index (χ0n) is 7.71. The Balaban J connectivity index is 3.88. The molecule has 2 N–H and O–H groups in total. The summed E-state index contributed by atoms with van der Waals surface area (Å²) in [5.74, 6) is 0. The van der Waals surface area contributed by atoms with Crippen molar-refractivity contribution in [1.29, 1.82) is 0 Å². The van der Waals surface area contributed by atoms with Gasteiger partial charge in [0.15, 0.2) is 0 Å². The van der Waals surface area contributed by atoms with E-state index in [1.54, 1.807) is 6.92 Å². The molecule has 0 saturated carbocycles. The topological polar surface area (TPSA) is 60.2 Å². The average molecular weight is 191 g/mol. The van der Waals surface area contributed by atoms with E-state index in [0.29, 0.717) is 0 Å². The lowest BCUT2D eigenvalue weighted by Crippen LogP contribution is -2.08. The minimum Gasteiger partial charge on any atom is -0.225 e. The maximum absolute atomic E-state index is 10.6. The molecule has 4 heteroatoms. The van der Waals surface area contributed by atoms with Gasteiger partial charge in [0.2, 0.25) is 10.0 Å². The molecule has 0 aliphatic rings. The van der Waals surface area contributed by atoms with Crippen molar-refractivity contribution in [3.8, 4) is 0 Å². The lowest BCUT2D eigenvalue weighted by Gasteiger charge is -1.98. The van der Waals surface area contributed by atoms with Crippen molar-refractivity contribution in [3.63, 3.8) is 0 Å². The number of nitrogens with two attached hydrogens (primary N) is 1. The molecule has 0 saturated heterocycles. The Hall–Kier alpha value is -0.350. The third kappa shape index (κ3) is 7.75. The van der Waals surface area contributed by atoms with Crippen LogP contribution in [0.3, 0.4) is 0 Å². The molecule has 0 aliphatic carbocycles. The molecule has 0 radical (unpaired) electrons. The molecule has 0 bridgehead atoms. The number of rotatable bonds is 5. The first kappa shape index (κ1) is 11.6. The first-order chi connectivity index (χ1) is 5.45. The summed E-state index contributed by atoms with van der Waals surface area (Å²) in [5.41, 5.74) is 0.839. The van der Waals surface area contributed by atoms with Gasteiger partial charge < -0.3 is 0 Å². The summed E-state index contributed by atoms with van der Waals surface area (Å²) in [4.78, 5) is 0. The Morgan fingerprint density at radius 2 is 2.00 bits per heavy atom. The predicted octanol–water partition coefficient (Wildman–Crippen LogP) is 1.76. The van der Waals surface area contributed by atoms with Gasteiger partial charge in [0, 0.05) is 5.41 Å². The van der Waals surface area contributed by atoms with Crippen LogP contribution >= 0.6 is 0 Å². The van der Waals surface area contributed by atoms with Crippen molar-refractivity contribution in [2.24, 2.45) is 5.14 Å². The van der Waals surface area contributed by atoms with E-state index in [4.69, 9.17) is 5.14 Å². The second-order valence-corrected chi connectivity index (χ2v) is 4.42. The van der Waals surface area contributed by atoms with E-state index in [-0.39, 0.29) is 0 Å². The smallest absolute Gasteiger partial charge is 0.225 e. The molecule has 0 fully saturated rings. The van der Waals surface area contributed by atoms with Gasteiger partial charge >= 0.3 is 0 Å². The minimum atomic E-state index is -3.42. The van der Waals surface area contributed by atoms with E-state index in [2.05, 4.69) is 6.92 Å². The maximum atomic E-state index is 10.6. The summed E-state index contributed by atoms with van der Waals surface area (Å²) in [6, 6.07) is 0. The number of unbranched alkanes of at least 4 members (excludes halogenated alkanes) is 2. The van der Waals surface area contributed by atoms with Crippen molar-refractivity contribution < 1.29 is 8.42 Å². The molecule has 3 nitrogen and oxygen atoms in total. The van der Waals surface area contributed by atoms with Gasteiger partial charge in [0.25, 0.3) is 0 Å². The summed E-state index contributed by atoms with van der Waals surface area (Å²) in [6.07, 6.45) is 4.14. The minimum absolute atomic E-state index is 0.824. The highest BCUT2D eigenvalue weighted by molar-refractivity contribution is 7.92. The van der Waals surface area contributed by atoms with Gasteiger partial charge in [0.1, 0.15) is 0 Å². The molecular formula is C8H17NO2S. The van der Waals surface area contributed by atoms with E-state index < -0.39 is 10.0 Å². The molecule has 0 unspecified atom stereocenters. The largest absolute Gasteiger partial charge is 0.231 e. The molecule has 0 amide bonds. The average Bonchev–Trinajstić information content (AvgIpc) is 1.84. The van der Waals surface area contributed by atoms with Crippen molar-refractivity contribution in [2.45, 2.75) is 39.5 Å². The second kappa shape index (κ2) is 5.32. The lowest BCUT2D eigenvalue weighted by atomic mass is 10.1. The summed E-state index contributed by atoms with van der Waals surface area (Å²) < 4.78 is 21.2. The first-order valence-electron chi connectivity index (χ1n) is 4.15. The number of hydrogen-bond donors (Lipinski definition) is 1. The number of sulfonamides is 1. The zero-order valence-corrected chi connectivity index (χ0v) is 8.52. The van der Waals surface area contributed by atoms with Crippen LogP contribution in [0.15, 0.2) is 11.0 Å². The highest BCUT2D eigenvalue weighted by Crippen LogP contribution is 2.08. The van der Waals surface area contributed by atoms with Crippen molar-refractivity contribution in [3.05, 3.63) is 11.0 Å². The highest BCUT2D eigenvalue weighted by Gasteiger charge is 1.97. The van der Waals surface area contributed by atoms with E-state index in [1.807, 2.05) is 0 Å². The molecule has 0 aliphatic heterocycles. The molecule has 72 valence electrons. The summed E-state index contributed by atoms with van der Waals surface area (Å²) in [5, 5.41) is 5.98. The van der Waals surface area contributed by atoms with Crippen LogP contribution in [-0.4, -0.2) is 8.42 Å². The number of allylic oxidation sites excluding steroid dienone is 1. The predicted molar refractivity (Wildman–Crippen MR) is 51.0 cm³/mol. The zero-order chi connectivity index (χ0) is 9.61. The number of primary sulfonamides is 1. The molecule has 0 aromatic heterocycles. The molecule has 0 rings (SSSR count). The third-order valence-electron chi connectivity index (χ3n) is 1.54. The van der Waals surface area contributed by atoms with Crippen molar-refractivity contribution in [1.82, 2.24) is 0 Å². The maximum Gasteiger partial charge on any atom is 0.231 e. The van der Waals surface area contributed by atoms with Gasteiger partial charge in [-0.25, -0.2) is 13.6 Å². The Labute approximate surface area is 74.7 Å². The van der Waals surface area contributed by atoms with Gasteiger partial charge in [-0.3, -0.25) is 0 Å². The standard InChI is InChI=1S/C8H17NO2S/c1-3-4-5-6-8(2)7-12(9,10)11/h7H,3-6H2,1-2H3,(H2,9,10,11)/b8-7+. The molecule has 0 aromatic carbocycles. The van der Waals surface area contributed by atoms with Gasteiger partial charge in [-0.1, -0.05) is 25.3 Å². The van der Waals surface area contributed by atoms with Crippen LogP contribution in [0.25, 0.3) is 0 Å². The van der Waals surface area contributed by atoms with Crippen LogP contribution in [0.1, 0.15) is 39.5 Å². The highest BCUT2D eigenvalue weighted by atomic mass is 32.2. The fourth-order valence-corrected chi connectivity index (χ4v) is 1.67. The van der Waals surface area contributed by atoms with Crippen LogP contribution in [0.2, 0.25) is 0 Å². The van der Waals surface area contributed by atoms with E-state index >= 15 is 0 Å². The van der Waals surface area contributed by atoms with Crippen LogP contribution in [-0.2, 0) is 10.0 Å². The summed E-state index contributed by atoms with van der Waals surface area (Å²) in [6.45, 7) is 3.90. The number of hydrogen-bond acceptors (Lipinski definition) is 2. The SMILES string of the molecule is CCCCC/C(C)=C/S(N)(=O)=O. The van der Waals surface area contributed by atoms with E-state index in [0.717, 1.165) is 36.7 Å². The second-order valence-electron chi connectivity index (χ2n) is 3.01. The van der Waals surface area contributed by atoms with Crippen molar-refractivity contribution >= 4 is 10.0 Å². The van der Waals surface area contributed by atoms with Crippen LogP contribution in [0, 0.1) is 0 Å². The van der Waals surface area contributed by atoms with E-state index in [1.165, 1.54) is 0 Å². The molecular weight excluding hydrogens is 174 g/mol. The molecule has 0 aromatic rings. The molecule has 0 atom stereocenters. The Morgan fingerprint density at radius 3 is 2.42 bits per heavy atom. The molecule has 0 spiro atoms. The Morgan fingerprint density at radius 1 is 1.42 bits per heavy atom. The van der Waals surface area contributed by atoms with Crippen molar-refractivity contribution in [2.75, 3.05) is 0 Å². The van der Waals surface area contributed by atoms with Gasteiger partial charge in [-0.15, -0.1) is 0 Å². The third-order valence-corrected chi connectivity index (χ3v) is 2.27. The fraction of sp³-hybridized carbons (Fsp3) is 0.750. The molecule has 12 heavy (non-hydrogen) atoms. The van der Waals surface area contributed by atoms with Crippen LogP contribution in [0.4, 0.5) is 0 Å². The Kier molecular flexibility index (Phi) is 5.17. The van der Waals surface area contributed by atoms with Gasteiger partial charge in [-0.2, -0.15) is 0 Å². The fourth-order valence-electron chi connectivity index (χ4n) is 0.993. The molecule has 0 heterocycles. The lowest BCUT2D eigenvalue weighted by molar-refractivity contribution is 0.605. The monoisotopic (exact) mass is 191 g/mol. The normalized spacial score (nSPS) is 13.4. The summed E-state index contributed by atoms with van der Waals surface area (Å²) in [7, 11) is -3.42.